The van der Waals surface area contributed by atoms with Crippen LogP contribution in [0.15, 0.2) is 0 Å². The highest BCUT2D eigenvalue weighted by atomic mass is 28.3. The van der Waals surface area contributed by atoms with Crippen molar-refractivity contribution in [3.63, 3.8) is 0 Å². The Balaban J connectivity index is 2.03. The topological polar surface area (TPSA) is 61.3 Å². The standard InChI is InChI=1S/C10H24N2OSi/c11-6-2-1-5-10(12)9-14-8-4-3-7-13-14/h10,14H,1-9,11-12H2. The minimum atomic E-state index is -0.892. The molecule has 1 saturated heterocycles. The normalized spacial score (nSPS) is 24.9. The maximum absolute atomic E-state index is 6.06. The lowest BCUT2D eigenvalue weighted by Gasteiger charge is -2.23. The molecular formula is C10H24N2OSi. The molecule has 1 rings (SSSR count). The SMILES string of the molecule is NCCCCC(N)C[SiH]1CCCCO1. The van der Waals surface area contributed by atoms with E-state index < -0.39 is 9.04 Å². The van der Waals surface area contributed by atoms with E-state index in [4.69, 9.17) is 15.9 Å². The van der Waals surface area contributed by atoms with E-state index in [1.54, 1.807) is 0 Å². The van der Waals surface area contributed by atoms with E-state index >= 15 is 0 Å². The van der Waals surface area contributed by atoms with Crippen molar-refractivity contribution >= 4 is 9.04 Å². The van der Waals surface area contributed by atoms with E-state index in [2.05, 4.69) is 0 Å². The molecule has 0 spiro atoms. The van der Waals surface area contributed by atoms with Crippen LogP contribution in [0.2, 0.25) is 12.1 Å². The molecule has 2 atom stereocenters. The lowest BCUT2D eigenvalue weighted by Crippen LogP contribution is -2.32. The van der Waals surface area contributed by atoms with Crippen LogP contribution >= 0.6 is 0 Å². The summed E-state index contributed by atoms with van der Waals surface area (Å²) in [5.41, 5.74) is 11.5. The largest absolute Gasteiger partial charge is 0.420 e. The van der Waals surface area contributed by atoms with Crippen LogP contribution in [-0.2, 0) is 4.43 Å². The van der Waals surface area contributed by atoms with Crippen molar-refractivity contribution in [1.29, 1.82) is 0 Å². The molecule has 0 saturated carbocycles. The van der Waals surface area contributed by atoms with Gasteiger partial charge in [0.25, 0.3) is 0 Å². The van der Waals surface area contributed by atoms with Crippen LogP contribution in [0.4, 0.5) is 0 Å². The fourth-order valence-electron chi connectivity index (χ4n) is 2.00. The van der Waals surface area contributed by atoms with Gasteiger partial charge >= 0.3 is 0 Å². The molecule has 1 aliphatic rings. The average Bonchev–Trinajstić information content (AvgIpc) is 2.20. The van der Waals surface area contributed by atoms with Gasteiger partial charge in [-0.15, -0.1) is 0 Å². The first-order valence-electron chi connectivity index (χ1n) is 5.90. The third-order valence-electron chi connectivity index (χ3n) is 2.87. The first-order chi connectivity index (χ1) is 6.83. The van der Waals surface area contributed by atoms with E-state index in [1.807, 2.05) is 0 Å². The number of unbranched alkanes of at least 4 members (excludes halogenated alkanes) is 1. The minimum absolute atomic E-state index is 0.372. The van der Waals surface area contributed by atoms with Gasteiger partial charge in [0, 0.05) is 12.6 Å². The molecule has 1 aliphatic heterocycles. The summed E-state index contributed by atoms with van der Waals surface area (Å²) in [6, 6.07) is 2.88. The summed E-state index contributed by atoms with van der Waals surface area (Å²) in [4.78, 5) is 0. The Bertz CT molecular complexity index is 140. The van der Waals surface area contributed by atoms with Crippen molar-refractivity contribution in [2.45, 2.75) is 50.2 Å². The molecule has 0 amide bonds. The van der Waals surface area contributed by atoms with Crippen molar-refractivity contribution in [3.05, 3.63) is 0 Å². The summed E-state index contributed by atoms with van der Waals surface area (Å²) in [5, 5.41) is 0. The average molecular weight is 216 g/mol. The Morgan fingerprint density at radius 3 is 2.79 bits per heavy atom. The zero-order chi connectivity index (χ0) is 10.2. The number of nitrogens with two attached hydrogens (primary N) is 2. The Hall–Kier alpha value is 0.0969. The van der Waals surface area contributed by atoms with Crippen LogP contribution in [-0.4, -0.2) is 28.2 Å². The van der Waals surface area contributed by atoms with Crippen LogP contribution in [0.25, 0.3) is 0 Å². The fourth-order valence-corrected chi connectivity index (χ4v) is 4.69. The van der Waals surface area contributed by atoms with Gasteiger partial charge in [0.15, 0.2) is 9.04 Å². The Morgan fingerprint density at radius 1 is 1.29 bits per heavy atom. The van der Waals surface area contributed by atoms with Crippen molar-refractivity contribution in [2.24, 2.45) is 11.5 Å². The molecule has 0 aromatic heterocycles. The molecule has 1 fully saturated rings. The molecule has 0 radical (unpaired) electrons. The molecule has 14 heavy (non-hydrogen) atoms. The molecule has 0 aromatic carbocycles. The van der Waals surface area contributed by atoms with Crippen LogP contribution < -0.4 is 11.5 Å². The molecule has 0 aliphatic carbocycles. The van der Waals surface area contributed by atoms with E-state index in [0.29, 0.717) is 6.04 Å². The van der Waals surface area contributed by atoms with Crippen molar-refractivity contribution in [2.75, 3.05) is 13.2 Å². The van der Waals surface area contributed by atoms with E-state index in [0.717, 1.165) is 26.0 Å². The summed E-state index contributed by atoms with van der Waals surface area (Å²) in [6.07, 6.45) is 6.04. The van der Waals surface area contributed by atoms with Gasteiger partial charge in [-0.2, -0.15) is 0 Å². The molecule has 0 aromatic rings. The van der Waals surface area contributed by atoms with Gasteiger partial charge < -0.3 is 15.9 Å². The van der Waals surface area contributed by atoms with E-state index in [9.17, 15) is 0 Å². The zero-order valence-electron chi connectivity index (χ0n) is 9.08. The van der Waals surface area contributed by atoms with Crippen LogP contribution in [0.5, 0.6) is 0 Å². The van der Waals surface area contributed by atoms with Gasteiger partial charge in [-0.1, -0.05) is 12.8 Å². The van der Waals surface area contributed by atoms with Crippen molar-refractivity contribution < 1.29 is 4.43 Å². The maximum Gasteiger partial charge on any atom is 0.178 e. The number of hydrogen-bond acceptors (Lipinski definition) is 3. The van der Waals surface area contributed by atoms with Crippen LogP contribution in [0.1, 0.15) is 32.1 Å². The second-order valence-corrected chi connectivity index (χ2v) is 6.89. The lowest BCUT2D eigenvalue weighted by atomic mass is 10.1. The smallest absolute Gasteiger partial charge is 0.178 e. The van der Waals surface area contributed by atoms with E-state index in [-0.39, 0.29) is 0 Å². The molecular weight excluding hydrogens is 192 g/mol. The summed E-state index contributed by atoms with van der Waals surface area (Å²) < 4.78 is 5.79. The monoisotopic (exact) mass is 216 g/mol. The third kappa shape index (κ3) is 5.10. The van der Waals surface area contributed by atoms with Crippen molar-refractivity contribution in [3.8, 4) is 0 Å². The van der Waals surface area contributed by atoms with Gasteiger partial charge in [-0.05, 0) is 37.9 Å². The zero-order valence-corrected chi connectivity index (χ0v) is 10.2. The quantitative estimate of drug-likeness (QED) is 0.514. The molecule has 84 valence electrons. The highest BCUT2D eigenvalue weighted by Crippen LogP contribution is 2.16. The maximum atomic E-state index is 6.06. The molecule has 0 bridgehead atoms. The highest BCUT2D eigenvalue weighted by Gasteiger charge is 2.18. The summed E-state index contributed by atoms with van der Waals surface area (Å²) >= 11 is 0. The van der Waals surface area contributed by atoms with Gasteiger partial charge in [0.05, 0.1) is 0 Å². The fraction of sp³-hybridized carbons (Fsp3) is 1.00. The lowest BCUT2D eigenvalue weighted by molar-refractivity contribution is 0.284. The summed E-state index contributed by atoms with van der Waals surface area (Å²) in [6.45, 7) is 1.79. The van der Waals surface area contributed by atoms with Gasteiger partial charge in [-0.25, -0.2) is 0 Å². The van der Waals surface area contributed by atoms with E-state index in [1.165, 1.54) is 31.4 Å². The predicted octanol–water partition coefficient (Wildman–Crippen LogP) is 0.977. The molecule has 4 heteroatoms. The van der Waals surface area contributed by atoms with Gasteiger partial charge in [0.1, 0.15) is 0 Å². The first-order valence-corrected chi connectivity index (χ1v) is 8.00. The number of rotatable bonds is 6. The van der Waals surface area contributed by atoms with Crippen LogP contribution in [0.3, 0.4) is 0 Å². The highest BCUT2D eigenvalue weighted by molar-refractivity contribution is 6.52. The van der Waals surface area contributed by atoms with Gasteiger partial charge in [-0.3, -0.25) is 0 Å². The Morgan fingerprint density at radius 2 is 2.14 bits per heavy atom. The molecule has 1 heterocycles. The second-order valence-electron chi connectivity index (χ2n) is 4.27. The molecule has 3 nitrogen and oxygen atoms in total. The second kappa shape index (κ2) is 7.40. The first kappa shape index (κ1) is 12.2. The minimum Gasteiger partial charge on any atom is -0.420 e. The Labute approximate surface area is 88.9 Å². The molecule has 2 unspecified atom stereocenters. The molecule has 4 N–H and O–H groups in total. The predicted molar refractivity (Wildman–Crippen MR) is 62.8 cm³/mol. The number of hydrogen-bond donors (Lipinski definition) is 2. The summed E-state index contributed by atoms with van der Waals surface area (Å²) in [5.74, 6) is 0. The Kier molecular flexibility index (Phi) is 6.43. The van der Waals surface area contributed by atoms with Crippen LogP contribution in [0, 0.1) is 0 Å². The van der Waals surface area contributed by atoms with Crippen molar-refractivity contribution in [1.82, 2.24) is 0 Å². The third-order valence-corrected chi connectivity index (χ3v) is 5.76. The summed E-state index contributed by atoms with van der Waals surface area (Å²) in [7, 11) is -0.892. The van der Waals surface area contributed by atoms with Gasteiger partial charge in [0.2, 0.25) is 0 Å².